The second-order valence-electron chi connectivity index (χ2n) is 7.53. The van der Waals surface area contributed by atoms with Crippen molar-refractivity contribution in [3.05, 3.63) is 97.5 Å². The normalized spacial score (nSPS) is 10.9. The molecule has 0 saturated heterocycles. The van der Waals surface area contributed by atoms with Crippen molar-refractivity contribution in [2.75, 3.05) is 5.32 Å². The number of aromatic nitrogens is 2. The van der Waals surface area contributed by atoms with Crippen LogP contribution in [0.25, 0.3) is 10.2 Å². The second kappa shape index (κ2) is 10.5. The number of anilines is 1. The summed E-state index contributed by atoms with van der Waals surface area (Å²) in [6, 6.07) is 17.7. The molecule has 34 heavy (non-hydrogen) atoms. The van der Waals surface area contributed by atoms with E-state index in [0.717, 1.165) is 10.1 Å². The van der Waals surface area contributed by atoms with Crippen LogP contribution in [0.1, 0.15) is 12.0 Å². The summed E-state index contributed by atoms with van der Waals surface area (Å²) in [6.07, 6.45) is -0.0480. The summed E-state index contributed by atoms with van der Waals surface area (Å²) in [7, 11) is 0. The number of hydrogen-bond donors (Lipinski definition) is 2. The Balaban J connectivity index is 1.51. The van der Waals surface area contributed by atoms with Crippen molar-refractivity contribution in [3.8, 4) is 0 Å². The van der Waals surface area contributed by atoms with E-state index < -0.39 is 17.2 Å². The van der Waals surface area contributed by atoms with Gasteiger partial charge in [-0.3, -0.25) is 23.5 Å². The number of nitrogens with one attached hydrogen (secondary N) is 2. The Morgan fingerprint density at radius 1 is 0.941 bits per heavy atom. The van der Waals surface area contributed by atoms with Crippen LogP contribution in [-0.4, -0.2) is 20.9 Å². The van der Waals surface area contributed by atoms with Crippen LogP contribution >= 0.6 is 22.9 Å². The summed E-state index contributed by atoms with van der Waals surface area (Å²) in [5.74, 6) is -0.727. The van der Waals surface area contributed by atoms with E-state index in [2.05, 4.69) is 10.6 Å². The average molecular weight is 497 g/mol. The Morgan fingerprint density at radius 2 is 1.74 bits per heavy atom. The van der Waals surface area contributed by atoms with Gasteiger partial charge >= 0.3 is 5.69 Å². The Kier molecular flexibility index (Phi) is 7.24. The number of hydrogen-bond acceptors (Lipinski definition) is 5. The number of nitrogens with zero attached hydrogens (tertiary/aromatic N) is 2. The zero-order chi connectivity index (χ0) is 24.1. The van der Waals surface area contributed by atoms with Crippen molar-refractivity contribution < 1.29 is 9.59 Å². The summed E-state index contributed by atoms with van der Waals surface area (Å²) >= 11 is 7.14. The molecule has 0 unspecified atom stereocenters. The van der Waals surface area contributed by atoms with E-state index >= 15 is 0 Å². The number of carbonyl (C=O) groups excluding carboxylic acids is 2. The highest BCUT2D eigenvalue weighted by atomic mass is 35.5. The molecule has 0 aliphatic carbocycles. The van der Waals surface area contributed by atoms with E-state index in [9.17, 15) is 19.2 Å². The third-order valence-electron chi connectivity index (χ3n) is 5.14. The predicted molar refractivity (Wildman–Crippen MR) is 133 cm³/mol. The number of halogens is 1. The molecule has 8 nitrogen and oxygen atoms in total. The van der Waals surface area contributed by atoms with Gasteiger partial charge in [0.25, 0.3) is 5.56 Å². The van der Waals surface area contributed by atoms with Crippen LogP contribution in [0.3, 0.4) is 0 Å². The molecule has 2 aromatic carbocycles. The SMILES string of the molecule is O=C(CCn1c(=O)c2sccc2n(CC(=O)Nc2cccc(Cl)c2)c1=O)NCc1ccccc1. The predicted octanol–water partition coefficient (Wildman–Crippen LogP) is 3.22. The first-order chi connectivity index (χ1) is 16.4. The summed E-state index contributed by atoms with van der Waals surface area (Å²) in [4.78, 5) is 51.0. The monoisotopic (exact) mass is 496 g/mol. The van der Waals surface area contributed by atoms with Crippen molar-refractivity contribution in [1.82, 2.24) is 14.5 Å². The molecule has 0 atom stereocenters. The van der Waals surface area contributed by atoms with E-state index in [-0.39, 0.29) is 25.4 Å². The van der Waals surface area contributed by atoms with Crippen LogP contribution in [0.4, 0.5) is 5.69 Å². The third kappa shape index (κ3) is 5.44. The Hall–Kier alpha value is -3.69. The molecule has 2 heterocycles. The quantitative estimate of drug-likeness (QED) is 0.391. The standard InChI is InChI=1S/C24H21ClN4O4S/c25-17-7-4-8-18(13-17)27-21(31)15-29-19-10-12-34-22(19)23(32)28(24(29)33)11-9-20(30)26-14-16-5-2-1-3-6-16/h1-8,10,12-13H,9,11,14-15H2,(H,26,30)(H,27,31). The van der Waals surface area contributed by atoms with E-state index in [1.54, 1.807) is 35.7 Å². The summed E-state index contributed by atoms with van der Waals surface area (Å²) in [5.41, 5.74) is 0.702. The number of fused-ring (bicyclic) bond motifs is 1. The average Bonchev–Trinajstić information content (AvgIpc) is 3.31. The molecule has 0 aliphatic rings. The highest BCUT2D eigenvalue weighted by Gasteiger charge is 2.17. The molecule has 2 amide bonds. The number of amides is 2. The molecule has 0 radical (unpaired) electrons. The molecule has 0 aliphatic heterocycles. The van der Waals surface area contributed by atoms with Crippen molar-refractivity contribution in [1.29, 1.82) is 0 Å². The van der Waals surface area contributed by atoms with Crippen LogP contribution in [0.5, 0.6) is 0 Å². The lowest BCUT2D eigenvalue weighted by molar-refractivity contribution is -0.121. The third-order valence-corrected chi connectivity index (χ3v) is 6.27. The molecule has 2 aromatic heterocycles. The van der Waals surface area contributed by atoms with Crippen LogP contribution in [0.2, 0.25) is 5.02 Å². The topological polar surface area (TPSA) is 102 Å². The Morgan fingerprint density at radius 3 is 2.50 bits per heavy atom. The summed E-state index contributed by atoms with van der Waals surface area (Å²) in [5, 5.41) is 7.64. The highest BCUT2D eigenvalue weighted by Crippen LogP contribution is 2.17. The molecule has 174 valence electrons. The maximum atomic E-state index is 13.1. The van der Waals surface area contributed by atoms with Crippen LogP contribution in [0.15, 0.2) is 75.6 Å². The van der Waals surface area contributed by atoms with Crippen LogP contribution in [0, 0.1) is 0 Å². The maximum absolute atomic E-state index is 13.1. The lowest BCUT2D eigenvalue weighted by Crippen LogP contribution is -2.42. The largest absolute Gasteiger partial charge is 0.352 e. The molecule has 4 rings (SSSR count). The van der Waals surface area contributed by atoms with Gasteiger partial charge in [0.15, 0.2) is 0 Å². The van der Waals surface area contributed by atoms with Gasteiger partial charge in [-0.15, -0.1) is 11.3 Å². The molecular formula is C24H21ClN4O4S. The maximum Gasteiger partial charge on any atom is 0.332 e. The van der Waals surface area contributed by atoms with Gasteiger partial charge in [0.2, 0.25) is 11.8 Å². The fourth-order valence-corrected chi connectivity index (χ4v) is 4.53. The van der Waals surface area contributed by atoms with Crippen molar-refractivity contribution in [2.45, 2.75) is 26.1 Å². The van der Waals surface area contributed by atoms with Gasteiger partial charge in [-0.1, -0.05) is 48.0 Å². The van der Waals surface area contributed by atoms with E-state index in [1.165, 1.54) is 15.9 Å². The smallest absolute Gasteiger partial charge is 0.332 e. The zero-order valence-electron chi connectivity index (χ0n) is 18.0. The number of carbonyl (C=O) groups is 2. The first-order valence-electron chi connectivity index (χ1n) is 10.5. The zero-order valence-corrected chi connectivity index (χ0v) is 19.6. The minimum atomic E-state index is -0.645. The van der Waals surface area contributed by atoms with E-state index in [4.69, 9.17) is 11.6 Å². The fraction of sp³-hybridized carbons (Fsp3) is 0.167. The molecule has 0 fully saturated rings. The van der Waals surface area contributed by atoms with Gasteiger partial charge in [0.1, 0.15) is 11.2 Å². The van der Waals surface area contributed by atoms with E-state index in [1.807, 2.05) is 30.3 Å². The molecule has 4 aromatic rings. The van der Waals surface area contributed by atoms with Gasteiger partial charge < -0.3 is 10.6 Å². The first kappa shape index (κ1) is 23.5. The van der Waals surface area contributed by atoms with Crippen LogP contribution in [-0.2, 0) is 29.2 Å². The lowest BCUT2D eigenvalue weighted by atomic mass is 10.2. The van der Waals surface area contributed by atoms with Gasteiger partial charge in [-0.05, 0) is 35.2 Å². The molecule has 0 saturated carbocycles. The van der Waals surface area contributed by atoms with E-state index in [0.29, 0.717) is 27.5 Å². The van der Waals surface area contributed by atoms with Gasteiger partial charge in [0, 0.05) is 30.2 Å². The van der Waals surface area contributed by atoms with Gasteiger partial charge in [-0.25, -0.2) is 4.79 Å². The van der Waals surface area contributed by atoms with Crippen molar-refractivity contribution in [3.63, 3.8) is 0 Å². The Labute approximate surface area is 203 Å². The van der Waals surface area contributed by atoms with Gasteiger partial charge in [0.05, 0.1) is 5.52 Å². The number of benzene rings is 2. The molecule has 10 heteroatoms. The molecular weight excluding hydrogens is 476 g/mol. The highest BCUT2D eigenvalue weighted by molar-refractivity contribution is 7.17. The number of thiophene rings is 1. The van der Waals surface area contributed by atoms with Gasteiger partial charge in [-0.2, -0.15) is 0 Å². The molecule has 0 spiro atoms. The minimum Gasteiger partial charge on any atom is -0.352 e. The Bertz CT molecular complexity index is 1460. The fourth-order valence-electron chi connectivity index (χ4n) is 3.49. The summed E-state index contributed by atoms with van der Waals surface area (Å²) < 4.78 is 2.60. The lowest BCUT2D eigenvalue weighted by Gasteiger charge is -2.13. The van der Waals surface area contributed by atoms with Crippen molar-refractivity contribution in [2.24, 2.45) is 0 Å². The molecule has 2 N–H and O–H groups in total. The molecule has 0 bridgehead atoms. The summed E-state index contributed by atoms with van der Waals surface area (Å²) in [6.45, 7) is -0.0342. The minimum absolute atomic E-state index is 0.0480. The first-order valence-corrected chi connectivity index (χ1v) is 11.7. The second-order valence-corrected chi connectivity index (χ2v) is 8.88. The van der Waals surface area contributed by atoms with Crippen molar-refractivity contribution >= 4 is 50.7 Å². The number of rotatable bonds is 8. The van der Waals surface area contributed by atoms with Crippen LogP contribution < -0.4 is 21.9 Å².